The third kappa shape index (κ3) is 5.71. The normalized spacial score (nSPS) is 17.5. The van der Waals surface area contributed by atoms with Crippen LogP contribution in [0.25, 0.3) is 0 Å². The Kier molecular flexibility index (Phi) is 5.79. The lowest BCUT2D eigenvalue weighted by Crippen LogP contribution is -2.49. The van der Waals surface area contributed by atoms with Crippen LogP contribution >= 0.6 is 0 Å². The van der Waals surface area contributed by atoms with Gasteiger partial charge in [-0.05, 0) is 19.3 Å². The second kappa shape index (κ2) is 6.05. The molecule has 0 saturated carbocycles. The summed E-state index contributed by atoms with van der Waals surface area (Å²) < 4.78 is 0. The Bertz CT molecular complexity index is 204. The van der Waals surface area contributed by atoms with Crippen molar-refractivity contribution in [2.45, 2.75) is 38.8 Å². The number of hydrogen-bond acceptors (Lipinski definition) is 4. The molecule has 0 aromatic carbocycles. The number of carboxylic acids is 1. The van der Waals surface area contributed by atoms with E-state index in [1.807, 2.05) is 13.8 Å². The quantitative estimate of drug-likeness (QED) is 0.477. The van der Waals surface area contributed by atoms with Gasteiger partial charge in [0.25, 0.3) is 0 Å². The van der Waals surface area contributed by atoms with Crippen LogP contribution in [0.1, 0.15) is 27.2 Å². The zero-order valence-corrected chi connectivity index (χ0v) is 9.53. The maximum Gasteiger partial charge on any atom is 0.336 e. The summed E-state index contributed by atoms with van der Waals surface area (Å²) in [5.74, 6) is -0.860. The fraction of sp³-hybridized carbons (Fsp3) is 0.900. The Morgan fingerprint density at radius 2 is 2.00 bits per heavy atom. The number of aliphatic hydroxyl groups is 2. The van der Waals surface area contributed by atoms with Crippen LogP contribution in [-0.2, 0) is 4.79 Å². The molecule has 4 N–H and O–H groups in total. The average molecular weight is 219 g/mol. The van der Waals surface area contributed by atoms with Gasteiger partial charge in [-0.1, -0.05) is 13.8 Å². The topological polar surface area (TPSA) is 89.8 Å². The lowest BCUT2D eigenvalue weighted by Gasteiger charge is -2.24. The molecule has 0 heterocycles. The van der Waals surface area contributed by atoms with Crippen molar-refractivity contribution in [3.05, 3.63) is 0 Å². The zero-order valence-electron chi connectivity index (χ0n) is 9.53. The number of rotatable bonds is 7. The first kappa shape index (κ1) is 14.3. The molecule has 0 bridgehead atoms. The summed E-state index contributed by atoms with van der Waals surface area (Å²) in [7, 11) is 0. The maximum atomic E-state index is 10.6. The first-order chi connectivity index (χ1) is 6.79. The van der Waals surface area contributed by atoms with Gasteiger partial charge in [-0.25, -0.2) is 4.79 Å². The molecule has 0 rings (SSSR count). The van der Waals surface area contributed by atoms with E-state index in [0.29, 0.717) is 5.92 Å². The molecule has 2 atom stereocenters. The SMILES string of the molecule is CC(C)CC(CO)NCC(C)(O)C(=O)O. The number of nitrogens with one attached hydrogen (secondary N) is 1. The maximum absolute atomic E-state index is 10.6. The molecule has 0 fully saturated rings. The standard InChI is InChI=1S/C10H21NO4/c1-7(2)4-8(5-12)11-6-10(3,15)9(13)14/h7-8,11-12,15H,4-6H2,1-3H3,(H,13,14). The number of hydrogen-bond donors (Lipinski definition) is 4. The van der Waals surface area contributed by atoms with Crippen LogP contribution in [0.5, 0.6) is 0 Å². The minimum absolute atomic E-state index is 0.0616. The van der Waals surface area contributed by atoms with Crippen molar-refractivity contribution in [1.82, 2.24) is 5.32 Å². The van der Waals surface area contributed by atoms with Crippen LogP contribution in [0, 0.1) is 5.92 Å². The smallest absolute Gasteiger partial charge is 0.336 e. The van der Waals surface area contributed by atoms with Crippen molar-refractivity contribution in [3.63, 3.8) is 0 Å². The minimum atomic E-state index is -1.79. The Labute approximate surface area is 90.1 Å². The van der Waals surface area contributed by atoms with Gasteiger partial charge in [0.2, 0.25) is 0 Å². The summed E-state index contributed by atoms with van der Waals surface area (Å²) >= 11 is 0. The van der Waals surface area contributed by atoms with Gasteiger partial charge >= 0.3 is 5.97 Å². The fourth-order valence-corrected chi connectivity index (χ4v) is 1.21. The molecule has 0 aliphatic rings. The van der Waals surface area contributed by atoms with Crippen molar-refractivity contribution in [3.8, 4) is 0 Å². The lowest BCUT2D eigenvalue weighted by molar-refractivity contribution is -0.156. The predicted octanol–water partition coefficient (Wildman–Crippen LogP) is -0.181. The first-order valence-corrected chi connectivity index (χ1v) is 5.09. The molecule has 0 saturated heterocycles. The molecular formula is C10H21NO4. The molecule has 0 spiro atoms. The van der Waals surface area contributed by atoms with Crippen LogP contribution in [0.3, 0.4) is 0 Å². The van der Waals surface area contributed by atoms with Gasteiger partial charge in [-0.3, -0.25) is 0 Å². The number of aliphatic carboxylic acids is 1. The highest BCUT2D eigenvalue weighted by Gasteiger charge is 2.30. The summed E-state index contributed by atoms with van der Waals surface area (Å²) in [4.78, 5) is 10.6. The summed E-state index contributed by atoms with van der Waals surface area (Å²) in [6.07, 6.45) is 0.742. The van der Waals surface area contributed by atoms with Crippen molar-refractivity contribution in [2.24, 2.45) is 5.92 Å². The fourth-order valence-electron chi connectivity index (χ4n) is 1.21. The Morgan fingerprint density at radius 3 is 2.33 bits per heavy atom. The number of aliphatic hydroxyl groups excluding tert-OH is 1. The highest BCUT2D eigenvalue weighted by atomic mass is 16.4. The van der Waals surface area contributed by atoms with Crippen molar-refractivity contribution in [1.29, 1.82) is 0 Å². The Hall–Kier alpha value is -0.650. The van der Waals surface area contributed by atoms with E-state index in [0.717, 1.165) is 6.42 Å². The number of carboxylic acid groups (broad SMARTS) is 1. The minimum Gasteiger partial charge on any atom is -0.479 e. The molecule has 90 valence electrons. The summed E-state index contributed by atoms with van der Waals surface area (Å²) in [6, 6.07) is -0.171. The van der Waals surface area contributed by atoms with Crippen molar-refractivity contribution < 1.29 is 20.1 Å². The number of carbonyl (C=O) groups is 1. The van der Waals surface area contributed by atoms with Gasteiger partial charge < -0.3 is 20.6 Å². The van der Waals surface area contributed by atoms with E-state index in [1.165, 1.54) is 6.92 Å². The molecule has 0 radical (unpaired) electrons. The van der Waals surface area contributed by atoms with Crippen LogP contribution < -0.4 is 5.32 Å². The van der Waals surface area contributed by atoms with E-state index < -0.39 is 11.6 Å². The Morgan fingerprint density at radius 1 is 1.47 bits per heavy atom. The molecule has 5 heteroatoms. The van der Waals surface area contributed by atoms with Crippen LogP contribution in [-0.4, -0.2) is 46.1 Å². The monoisotopic (exact) mass is 219 g/mol. The van der Waals surface area contributed by atoms with Gasteiger partial charge in [0, 0.05) is 12.6 Å². The third-order valence-corrected chi connectivity index (χ3v) is 2.17. The molecule has 0 aromatic heterocycles. The summed E-state index contributed by atoms with van der Waals surface area (Å²) in [5.41, 5.74) is -1.79. The third-order valence-electron chi connectivity index (χ3n) is 2.17. The lowest BCUT2D eigenvalue weighted by atomic mass is 10.0. The largest absolute Gasteiger partial charge is 0.479 e. The van der Waals surface area contributed by atoms with E-state index in [4.69, 9.17) is 10.2 Å². The highest BCUT2D eigenvalue weighted by molar-refractivity contribution is 5.76. The Balaban J connectivity index is 4.05. The van der Waals surface area contributed by atoms with E-state index >= 15 is 0 Å². The molecule has 0 aliphatic carbocycles. The second-order valence-electron chi connectivity index (χ2n) is 4.47. The van der Waals surface area contributed by atoms with Gasteiger partial charge in [-0.15, -0.1) is 0 Å². The van der Waals surface area contributed by atoms with E-state index in [2.05, 4.69) is 5.32 Å². The molecule has 0 amide bonds. The van der Waals surface area contributed by atoms with Gasteiger partial charge in [-0.2, -0.15) is 0 Å². The molecule has 0 aromatic rings. The highest BCUT2D eigenvalue weighted by Crippen LogP contribution is 2.06. The van der Waals surface area contributed by atoms with Crippen molar-refractivity contribution in [2.75, 3.05) is 13.2 Å². The second-order valence-corrected chi connectivity index (χ2v) is 4.47. The molecule has 15 heavy (non-hydrogen) atoms. The first-order valence-electron chi connectivity index (χ1n) is 5.09. The molecular weight excluding hydrogens is 198 g/mol. The van der Waals surface area contributed by atoms with Gasteiger partial charge in [0.1, 0.15) is 0 Å². The van der Waals surface area contributed by atoms with Gasteiger partial charge in [0.15, 0.2) is 5.60 Å². The van der Waals surface area contributed by atoms with E-state index in [1.54, 1.807) is 0 Å². The summed E-state index contributed by atoms with van der Waals surface area (Å²) in [5, 5.41) is 29.9. The van der Waals surface area contributed by atoms with Crippen molar-refractivity contribution >= 4 is 5.97 Å². The van der Waals surface area contributed by atoms with Crippen LogP contribution in [0.15, 0.2) is 0 Å². The molecule has 2 unspecified atom stereocenters. The predicted molar refractivity (Wildman–Crippen MR) is 56.6 cm³/mol. The van der Waals surface area contributed by atoms with E-state index in [-0.39, 0.29) is 19.2 Å². The summed E-state index contributed by atoms with van der Waals surface area (Å²) in [6.45, 7) is 5.12. The molecule has 5 nitrogen and oxygen atoms in total. The van der Waals surface area contributed by atoms with E-state index in [9.17, 15) is 9.90 Å². The average Bonchev–Trinajstić information content (AvgIpc) is 2.11. The van der Waals surface area contributed by atoms with Crippen LogP contribution in [0.2, 0.25) is 0 Å². The van der Waals surface area contributed by atoms with Crippen LogP contribution in [0.4, 0.5) is 0 Å². The molecule has 0 aliphatic heterocycles. The zero-order chi connectivity index (χ0) is 12.1. The van der Waals surface area contributed by atoms with Gasteiger partial charge in [0.05, 0.1) is 6.61 Å².